The van der Waals surface area contributed by atoms with Gasteiger partial charge in [-0.1, -0.05) is 13.0 Å². The largest absolute Gasteiger partial charge is 0.341 e. The summed E-state index contributed by atoms with van der Waals surface area (Å²) < 4.78 is 0. The number of nitro groups is 1. The van der Waals surface area contributed by atoms with E-state index in [4.69, 9.17) is 0 Å². The van der Waals surface area contributed by atoms with Gasteiger partial charge < -0.3 is 10.2 Å². The van der Waals surface area contributed by atoms with Crippen molar-refractivity contribution in [2.75, 3.05) is 13.1 Å². The topological polar surface area (TPSA) is 92.6 Å². The van der Waals surface area contributed by atoms with Gasteiger partial charge in [0.05, 0.1) is 4.92 Å². The molecule has 0 saturated carbocycles. The maximum atomic E-state index is 12.5. The van der Waals surface area contributed by atoms with Gasteiger partial charge in [0.2, 0.25) is 5.91 Å². The third kappa shape index (κ3) is 4.53. The second kappa shape index (κ2) is 7.90. The summed E-state index contributed by atoms with van der Waals surface area (Å²) in [4.78, 5) is 36.8. The van der Waals surface area contributed by atoms with Crippen molar-refractivity contribution in [2.24, 2.45) is 5.92 Å². The lowest BCUT2D eigenvalue weighted by Crippen LogP contribution is -2.47. The van der Waals surface area contributed by atoms with Crippen molar-refractivity contribution in [3.05, 3.63) is 39.9 Å². The van der Waals surface area contributed by atoms with Gasteiger partial charge in [0.1, 0.15) is 6.04 Å². The molecule has 1 aliphatic rings. The fourth-order valence-electron chi connectivity index (χ4n) is 2.86. The number of rotatable bonds is 4. The number of amides is 2. The van der Waals surface area contributed by atoms with Crippen molar-refractivity contribution in [3.63, 3.8) is 0 Å². The van der Waals surface area contributed by atoms with E-state index in [1.165, 1.54) is 24.3 Å². The van der Waals surface area contributed by atoms with Crippen molar-refractivity contribution >= 4 is 17.5 Å². The van der Waals surface area contributed by atoms with Gasteiger partial charge >= 0.3 is 0 Å². The minimum absolute atomic E-state index is 0.108. The molecule has 24 heavy (non-hydrogen) atoms. The predicted octanol–water partition coefficient (Wildman–Crippen LogP) is 2.36. The summed E-state index contributed by atoms with van der Waals surface area (Å²) in [6.07, 6.45) is 3.05. The first-order valence-electron chi connectivity index (χ1n) is 8.22. The highest BCUT2D eigenvalue weighted by Crippen LogP contribution is 2.17. The molecule has 130 valence electrons. The van der Waals surface area contributed by atoms with Crippen LogP contribution in [0.15, 0.2) is 24.3 Å². The van der Waals surface area contributed by atoms with Gasteiger partial charge in [-0.25, -0.2) is 0 Å². The minimum Gasteiger partial charge on any atom is -0.341 e. The molecule has 0 aliphatic carbocycles. The van der Waals surface area contributed by atoms with Gasteiger partial charge in [-0.05, 0) is 38.2 Å². The molecule has 1 fully saturated rings. The Morgan fingerprint density at radius 3 is 2.79 bits per heavy atom. The monoisotopic (exact) mass is 333 g/mol. The Hall–Kier alpha value is -2.44. The van der Waals surface area contributed by atoms with Crippen LogP contribution in [0.2, 0.25) is 0 Å². The van der Waals surface area contributed by atoms with Crippen molar-refractivity contribution in [1.82, 2.24) is 10.2 Å². The van der Waals surface area contributed by atoms with Crippen molar-refractivity contribution in [3.8, 4) is 0 Å². The summed E-state index contributed by atoms with van der Waals surface area (Å²) in [6.45, 7) is 5.24. The number of hydrogen-bond donors (Lipinski definition) is 1. The van der Waals surface area contributed by atoms with Crippen LogP contribution in [-0.4, -0.2) is 40.8 Å². The Morgan fingerprint density at radius 1 is 1.33 bits per heavy atom. The number of hydrogen-bond acceptors (Lipinski definition) is 4. The zero-order valence-corrected chi connectivity index (χ0v) is 14.0. The number of non-ortho nitro benzene ring substituents is 1. The number of nitro benzene ring substituents is 1. The zero-order chi connectivity index (χ0) is 17.7. The van der Waals surface area contributed by atoms with Gasteiger partial charge in [0.15, 0.2) is 0 Å². The first-order chi connectivity index (χ1) is 11.4. The smallest absolute Gasteiger partial charge is 0.270 e. The summed E-state index contributed by atoms with van der Waals surface area (Å²) in [5, 5.41) is 13.4. The van der Waals surface area contributed by atoms with E-state index < -0.39 is 16.9 Å². The number of carbonyl (C=O) groups is 2. The highest BCUT2D eigenvalue weighted by Gasteiger charge is 2.24. The van der Waals surface area contributed by atoms with E-state index in [0.29, 0.717) is 19.0 Å². The molecule has 0 unspecified atom stereocenters. The fraction of sp³-hybridized carbons (Fsp3) is 0.529. The van der Waals surface area contributed by atoms with E-state index in [9.17, 15) is 19.7 Å². The third-order valence-electron chi connectivity index (χ3n) is 4.37. The van der Waals surface area contributed by atoms with Crippen LogP contribution >= 0.6 is 0 Å². The van der Waals surface area contributed by atoms with Crippen molar-refractivity contribution < 1.29 is 14.5 Å². The Morgan fingerprint density at radius 2 is 2.08 bits per heavy atom. The number of nitrogens with zero attached hydrogens (tertiary/aromatic N) is 2. The summed E-state index contributed by atoms with van der Waals surface area (Å²) in [5.74, 6) is 0.0168. The average Bonchev–Trinajstić information content (AvgIpc) is 2.78. The first-order valence-corrected chi connectivity index (χ1v) is 8.22. The molecule has 1 aromatic rings. The number of likely N-dealkylation sites (tertiary alicyclic amines) is 1. The molecule has 1 N–H and O–H groups in total. The van der Waals surface area contributed by atoms with Crippen LogP contribution in [0.3, 0.4) is 0 Å². The molecular formula is C17H23N3O4. The van der Waals surface area contributed by atoms with E-state index >= 15 is 0 Å². The van der Waals surface area contributed by atoms with Crippen molar-refractivity contribution in [1.29, 1.82) is 0 Å². The number of benzene rings is 1. The van der Waals surface area contributed by atoms with Gasteiger partial charge in [0.25, 0.3) is 11.6 Å². The molecule has 2 rings (SSSR count). The Kier molecular flexibility index (Phi) is 5.89. The lowest BCUT2D eigenvalue weighted by molar-refractivity contribution is -0.384. The molecule has 0 spiro atoms. The first kappa shape index (κ1) is 17.9. The molecule has 1 heterocycles. The molecule has 7 heteroatoms. The molecule has 0 aromatic heterocycles. The summed E-state index contributed by atoms with van der Waals surface area (Å²) in [5.41, 5.74) is 0.0245. The maximum absolute atomic E-state index is 12.5. The molecule has 1 aromatic carbocycles. The molecule has 0 radical (unpaired) electrons. The highest BCUT2D eigenvalue weighted by atomic mass is 16.6. The fourth-order valence-corrected chi connectivity index (χ4v) is 2.86. The third-order valence-corrected chi connectivity index (χ3v) is 4.37. The normalized spacial score (nSPS) is 19.2. The van der Waals surface area contributed by atoms with Crippen LogP contribution in [0.25, 0.3) is 0 Å². The van der Waals surface area contributed by atoms with E-state index in [2.05, 4.69) is 12.2 Å². The van der Waals surface area contributed by atoms with Gasteiger partial charge in [0, 0.05) is 30.8 Å². The molecule has 2 amide bonds. The van der Waals surface area contributed by atoms with Crippen LogP contribution in [0, 0.1) is 16.0 Å². The average molecular weight is 333 g/mol. The van der Waals surface area contributed by atoms with E-state index in [0.717, 1.165) is 19.3 Å². The van der Waals surface area contributed by atoms with E-state index in [1.54, 1.807) is 11.8 Å². The summed E-state index contributed by atoms with van der Waals surface area (Å²) in [6, 6.07) is 4.82. The van der Waals surface area contributed by atoms with Crippen LogP contribution in [0.1, 0.15) is 43.5 Å². The SMILES string of the molecule is C[C@@H]1CCCN(C(=O)[C@@H](C)NC(=O)c2cccc([N+](=O)[O-])c2)CC1. The van der Waals surface area contributed by atoms with Crippen molar-refractivity contribution in [2.45, 2.75) is 39.2 Å². The minimum atomic E-state index is -0.662. The highest BCUT2D eigenvalue weighted by molar-refractivity contribution is 5.97. The zero-order valence-electron chi connectivity index (χ0n) is 14.0. The Labute approximate surface area is 141 Å². The quantitative estimate of drug-likeness (QED) is 0.676. The molecule has 2 atom stereocenters. The van der Waals surface area contributed by atoms with E-state index in [1.807, 2.05) is 0 Å². The standard InChI is InChI=1S/C17H23N3O4/c1-12-5-4-9-19(10-8-12)17(22)13(2)18-16(21)14-6-3-7-15(11-14)20(23)24/h3,6-7,11-13H,4-5,8-10H2,1-2H3,(H,18,21)/t12-,13-/m1/s1. The predicted molar refractivity (Wildman–Crippen MR) is 89.6 cm³/mol. The number of nitrogens with one attached hydrogen (secondary N) is 1. The molecule has 7 nitrogen and oxygen atoms in total. The molecular weight excluding hydrogens is 310 g/mol. The lowest BCUT2D eigenvalue weighted by atomic mass is 10.0. The molecule has 0 bridgehead atoms. The lowest BCUT2D eigenvalue weighted by Gasteiger charge is -2.24. The van der Waals surface area contributed by atoms with Crippen LogP contribution in [0.4, 0.5) is 5.69 Å². The van der Waals surface area contributed by atoms with Crippen LogP contribution in [-0.2, 0) is 4.79 Å². The molecule has 1 aliphatic heterocycles. The summed E-state index contributed by atoms with van der Waals surface area (Å²) >= 11 is 0. The van der Waals surface area contributed by atoms with Crippen LogP contribution in [0.5, 0.6) is 0 Å². The van der Waals surface area contributed by atoms with E-state index in [-0.39, 0.29) is 17.2 Å². The van der Waals surface area contributed by atoms with Gasteiger partial charge in [-0.3, -0.25) is 19.7 Å². The summed E-state index contributed by atoms with van der Waals surface area (Å²) in [7, 11) is 0. The molecule has 1 saturated heterocycles. The second-order valence-corrected chi connectivity index (χ2v) is 6.36. The maximum Gasteiger partial charge on any atom is 0.270 e. The van der Waals surface area contributed by atoms with Crippen LogP contribution < -0.4 is 5.32 Å². The number of carbonyl (C=O) groups excluding carboxylic acids is 2. The van der Waals surface area contributed by atoms with Gasteiger partial charge in [-0.15, -0.1) is 0 Å². The second-order valence-electron chi connectivity index (χ2n) is 6.36. The Balaban J connectivity index is 1.99. The Bertz CT molecular complexity index is 632. The van der Waals surface area contributed by atoms with Gasteiger partial charge in [-0.2, -0.15) is 0 Å².